The van der Waals surface area contributed by atoms with Gasteiger partial charge in [-0.1, -0.05) is 43.3 Å². The highest BCUT2D eigenvalue weighted by Gasteiger charge is 2.40. The number of nitrogens with zero attached hydrogens (tertiary/aromatic N) is 2. The van der Waals surface area contributed by atoms with Crippen molar-refractivity contribution in [2.24, 2.45) is 0 Å². The molecule has 6 nitrogen and oxygen atoms in total. The lowest BCUT2D eigenvalue weighted by Crippen LogP contribution is -2.22. The molecule has 0 saturated carbocycles. The molecule has 0 atom stereocenters. The molecule has 6 heteroatoms. The summed E-state index contributed by atoms with van der Waals surface area (Å²) in [4.78, 5) is 17.5. The first-order chi connectivity index (χ1) is 16.5. The number of carbonyl (C=O) groups is 1. The van der Waals surface area contributed by atoms with Crippen molar-refractivity contribution in [1.82, 2.24) is 4.98 Å². The van der Waals surface area contributed by atoms with Gasteiger partial charge in [0.25, 0.3) is 5.71 Å². The Kier molecular flexibility index (Phi) is 7.07. The molecule has 0 unspecified atom stereocenters. The number of carbonyl (C=O) groups excluding carboxylic acids is 1. The van der Waals surface area contributed by atoms with Gasteiger partial charge in [-0.25, -0.2) is 4.79 Å². The van der Waals surface area contributed by atoms with Crippen LogP contribution in [-0.2, 0) is 22.4 Å². The highest BCUT2D eigenvalue weighted by Crippen LogP contribution is 2.39. The van der Waals surface area contributed by atoms with Crippen molar-refractivity contribution in [3.63, 3.8) is 0 Å². The molecule has 0 spiro atoms. The number of hydrogen-bond acceptors (Lipinski definition) is 5. The summed E-state index contributed by atoms with van der Waals surface area (Å²) >= 11 is 0. The van der Waals surface area contributed by atoms with Gasteiger partial charge in [0.1, 0.15) is 11.3 Å². The van der Waals surface area contributed by atoms with Crippen LogP contribution in [0, 0.1) is 0 Å². The lowest BCUT2D eigenvalue weighted by atomic mass is 9.97. The fourth-order valence-electron chi connectivity index (χ4n) is 4.14. The largest absolute Gasteiger partial charge is 0.493 e. The van der Waals surface area contributed by atoms with Crippen molar-refractivity contribution in [2.45, 2.75) is 26.7 Å². The maximum absolute atomic E-state index is 13.0. The van der Waals surface area contributed by atoms with Gasteiger partial charge in [-0.05, 0) is 59.0 Å². The van der Waals surface area contributed by atoms with Gasteiger partial charge < -0.3 is 9.47 Å². The number of aromatic nitrogens is 1. The third-order valence-electron chi connectivity index (χ3n) is 5.79. The molecule has 1 aliphatic rings. The van der Waals surface area contributed by atoms with E-state index >= 15 is 0 Å². The average molecular weight is 458 g/mol. The van der Waals surface area contributed by atoms with Gasteiger partial charge in [-0.3, -0.25) is 10.2 Å². The molecule has 0 bridgehead atoms. The lowest BCUT2D eigenvalue weighted by molar-refractivity contribution is -0.753. The number of hydroxylamine groups is 1. The van der Waals surface area contributed by atoms with Crippen LogP contribution < -0.4 is 4.74 Å². The summed E-state index contributed by atoms with van der Waals surface area (Å²) in [7, 11) is 1.51. The number of esters is 1. The van der Waals surface area contributed by atoms with Crippen molar-refractivity contribution in [1.29, 1.82) is 0 Å². The summed E-state index contributed by atoms with van der Waals surface area (Å²) in [5.74, 6) is 0.179. The van der Waals surface area contributed by atoms with Crippen LogP contribution in [0.15, 0.2) is 72.4 Å². The predicted octanol–water partition coefficient (Wildman–Crippen LogP) is 4.46. The fraction of sp³-hybridized carbons (Fsp3) is 0.250. The van der Waals surface area contributed by atoms with Gasteiger partial charge in [0.15, 0.2) is 7.05 Å². The highest BCUT2D eigenvalue weighted by molar-refractivity contribution is 6.35. The van der Waals surface area contributed by atoms with Gasteiger partial charge in [0.05, 0.1) is 18.8 Å². The van der Waals surface area contributed by atoms with Crippen molar-refractivity contribution in [3.8, 4) is 5.75 Å². The van der Waals surface area contributed by atoms with E-state index < -0.39 is 5.97 Å². The molecule has 2 aromatic carbocycles. The van der Waals surface area contributed by atoms with Crippen LogP contribution in [0.25, 0.3) is 5.57 Å². The van der Waals surface area contributed by atoms with Crippen molar-refractivity contribution >= 4 is 17.3 Å². The first-order valence-electron chi connectivity index (χ1n) is 11.5. The first-order valence-corrected chi connectivity index (χ1v) is 11.5. The van der Waals surface area contributed by atoms with E-state index in [-0.39, 0.29) is 6.61 Å². The van der Waals surface area contributed by atoms with E-state index in [1.54, 1.807) is 6.92 Å². The van der Waals surface area contributed by atoms with E-state index in [0.29, 0.717) is 30.1 Å². The van der Waals surface area contributed by atoms with Crippen molar-refractivity contribution in [2.75, 3.05) is 20.3 Å². The number of benzene rings is 2. The van der Waals surface area contributed by atoms with Gasteiger partial charge in [0, 0.05) is 23.9 Å². The fourth-order valence-corrected chi connectivity index (χ4v) is 4.14. The molecule has 0 fully saturated rings. The van der Waals surface area contributed by atoms with Gasteiger partial charge in [-0.15, -0.1) is 0 Å². The van der Waals surface area contributed by atoms with Crippen molar-refractivity contribution < 1.29 is 24.2 Å². The normalized spacial score (nSPS) is 14.1. The summed E-state index contributed by atoms with van der Waals surface area (Å²) < 4.78 is 12.3. The topological polar surface area (TPSA) is 71.7 Å². The maximum Gasteiger partial charge on any atom is 0.345 e. The third kappa shape index (κ3) is 4.71. The number of ether oxygens (including phenoxy) is 2. The molecule has 0 saturated heterocycles. The molecule has 0 amide bonds. The summed E-state index contributed by atoms with van der Waals surface area (Å²) in [6.45, 7) is 4.58. The monoisotopic (exact) mass is 457 g/mol. The number of pyridine rings is 1. The van der Waals surface area contributed by atoms with E-state index in [4.69, 9.17) is 9.47 Å². The lowest BCUT2D eigenvalue weighted by Gasteiger charge is -2.09. The zero-order valence-electron chi connectivity index (χ0n) is 19.7. The summed E-state index contributed by atoms with van der Waals surface area (Å²) in [6.07, 6.45) is 3.54. The Morgan fingerprint density at radius 1 is 1.03 bits per heavy atom. The summed E-state index contributed by atoms with van der Waals surface area (Å²) in [6, 6.07) is 19.4. The van der Waals surface area contributed by atoms with Crippen LogP contribution in [0.5, 0.6) is 5.75 Å². The standard InChI is InChI=1S/C28H29N2O4/c1-4-19-11-12-21(29-18-19)15-16-34-22-13-14-23-24(17-22)27(30(3)32)26(28(31)33-5-2)25(23)20-9-7-6-8-10-20/h6-14,17-18,32H,4-5,15-16H2,1-3H3/q+1. The Morgan fingerprint density at radius 2 is 1.82 bits per heavy atom. The second-order valence-electron chi connectivity index (χ2n) is 8.03. The van der Waals surface area contributed by atoms with Crippen LogP contribution >= 0.6 is 0 Å². The zero-order valence-corrected chi connectivity index (χ0v) is 19.7. The Hall–Kier alpha value is -3.93. The van der Waals surface area contributed by atoms with Crippen LogP contribution in [-0.4, -0.2) is 46.9 Å². The smallest absolute Gasteiger partial charge is 0.345 e. The molecule has 34 heavy (non-hydrogen) atoms. The molecule has 1 aromatic heterocycles. The SMILES string of the molecule is CCOC(=O)C1=C(c2ccccc2)c2ccc(OCCc3ccc(CC)cn3)cc2C1=[N+](C)O. The van der Waals surface area contributed by atoms with Crippen LogP contribution in [0.1, 0.15) is 41.8 Å². The Labute approximate surface area is 199 Å². The first kappa shape index (κ1) is 23.2. The molecule has 1 aliphatic carbocycles. The molecule has 3 aromatic rings. The molecule has 0 radical (unpaired) electrons. The van der Waals surface area contributed by atoms with E-state index in [1.807, 2.05) is 60.8 Å². The molecular formula is C28H29N2O4+. The second-order valence-corrected chi connectivity index (χ2v) is 8.03. The van der Waals surface area contributed by atoms with E-state index in [9.17, 15) is 10.0 Å². The summed E-state index contributed by atoms with van der Waals surface area (Å²) in [5.41, 5.74) is 6.08. The number of hydrogen-bond donors (Lipinski definition) is 1. The Balaban J connectivity index is 1.65. The maximum atomic E-state index is 13.0. The Morgan fingerprint density at radius 3 is 2.47 bits per heavy atom. The molecule has 4 rings (SSSR count). The van der Waals surface area contributed by atoms with Crippen LogP contribution in [0.4, 0.5) is 0 Å². The minimum Gasteiger partial charge on any atom is -0.493 e. The van der Waals surface area contributed by atoms with Gasteiger partial charge >= 0.3 is 5.97 Å². The number of fused-ring (bicyclic) bond motifs is 1. The molecule has 1 heterocycles. The number of aryl methyl sites for hydroxylation is 1. The van der Waals surface area contributed by atoms with Crippen LogP contribution in [0.2, 0.25) is 0 Å². The molecule has 174 valence electrons. The van der Waals surface area contributed by atoms with E-state index in [2.05, 4.69) is 18.0 Å². The minimum atomic E-state index is -0.475. The Bertz CT molecular complexity index is 1240. The molecular weight excluding hydrogens is 428 g/mol. The molecule has 1 N–H and O–H groups in total. The van der Waals surface area contributed by atoms with E-state index in [1.165, 1.54) is 12.6 Å². The van der Waals surface area contributed by atoms with Crippen LogP contribution in [0.3, 0.4) is 0 Å². The highest BCUT2D eigenvalue weighted by atomic mass is 16.5. The minimum absolute atomic E-state index is 0.241. The van der Waals surface area contributed by atoms with Gasteiger partial charge in [0.2, 0.25) is 0 Å². The third-order valence-corrected chi connectivity index (χ3v) is 5.79. The van der Waals surface area contributed by atoms with E-state index in [0.717, 1.165) is 39.1 Å². The second kappa shape index (κ2) is 10.3. The summed E-state index contributed by atoms with van der Waals surface area (Å²) in [5, 5.41) is 10.5. The molecule has 0 aliphatic heterocycles. The van der Waals surface area contributed by atoms with Gasteiger partial charge in [-0.2, -0.15) is 0 Å². The quantitative estimate of drug-likeness (QED) is 0.234. The van der Waals surface area contributed by atoms with Crippen molar-refractivity contribution in [3.05, 3.63) is 100 Å². The average Bonchev–Trinajstić information content (AvgIpc) is 3.20. The zero-order chi connectivity index (χ0) is 24.1. The predicted molar refractivity (Wildman–Crippen MR) is 130 cm³/mol. The number of rotatable bonds is 8.